The molecule has 0 amide bonds. The smallest absolute Gasteiger partial charge is 0.0985 e. The summed E-state index contributed by atoms with van der Waals surface area (Å²) in [5.41, 5.74) is 9.57. The molecule has 0 saturated carbocycles. The van der Waals surface area contributed by atoms with Crippen LogP contribution in [0.2, 0.25) is 15.9 Å². The van der Waals surface area contributed by atoms with E-state index in [1.165, 1.54) is 10.9 Å². The quantitative estimate of drug-likeness (QED) is 0.414. The highest BCUT2D eigenvalue weighted by molar-refractivity contribution is 6.91. The number of benzene rings is 2. The fraction of sp³-hybridized carbons (Fsp3) is 0.429. The second-order valence-corrected chi connectivity index (χ2v) is 11.0. The van der Waals surface area contributed by atoms with Gasteiger partial charge in [-0.05, 0) is 42.1 Å². The van der Waals surface area contributed by atoms with E-state index in [0.29, 0.717) is 13.4 Å². The molecular formula is C28H34B2. The third-order valence-electron chi connectivity index (χ3n) is 11.0. The van der Waals surface area contributed by atoms with E-state index in [-0.39, 0.29) is 21.4 Å². The third-order valence-corrected chi connectivity index (χ3v) is 11.0. The summed E-state index contributed by atoms with van der Waals surface area (Å²) in [6, 6.07) is 22.7. The minimum atomic E-state index is 0.0987. The molecule has 3 heterocycles. The maximum Gasteiger partial charge on any atom is 0.210 e. The first-order chi connectivity index (χ1) is 14.1. The van der Waals surface area contributed by atoms with Crippen molar-refractivity contribution in [2.75, 3.05) is 0 Å². The lowest BCUT2D eigenvalue weighted by molar-refractivity contribution is 0.207. The van der Waals surface area contributed by atoms with Gasteiger partial charge in [-0.25, -0.2) is 0 Å². The predicted octanol–water partition coefficient (Wildman–Crippen LogP) is 6.33. The first kappa shape index (κ1) is 20.0. The zero-order chi connectivity index (χ0) is 21.7. The summed E-state index contributed by atoms with van der Waals surface area (Å²) < 4.78 is 0. The largest absolute Gasteiger partial charge is 0.210 e. The van der Waals surface area contributed by atoms with Crippen LogP contribution in [0.15, 0.2) is 82.9 Å². The Bertz CT molecular complexity index is 1100. The van der Waals surface area contributed by atoms with Crippen molar-refractivity contribution in [2.45, 2.75) is 71.3 Å². The van der Waals surface area contributed by atoms with E-state index in [2.05, 4.69) is 116 Å². The van der Waals surface area contributed by atoms with Crippen LogP contribution >= 0.6 is 0 Å². The number of rotatable bonds is 2. The average molecular weight is 392 g/mol. The lowest BCUT2D eigenvalue weighted by Crippen LogP contribution is -2.51. The van der Waals surface area contributed by atoms with E-state index >= 15 is 0 Å². The fourth-order valence-corrected chi connectivity index (χ4v) is 9.15. The van der Waals surface area contributed by atoms with Gasteiger partial charge in [-0.1, -0.05) is 128 Å². The Balaban J connectivity index is 1.89. The van der Waals surface area contributed by atoms with Crippen LogP contribution in [0.3, 0.4) is 0 Å². The number of hydrogen-bond donors (Lipinski definition) is 0. The predicted molar refractivity (Wildman–Crippen MR) is 134 cm³/mol. The van der Waals surface area contributed by atoms with Gasteiger partial charge in [0.05, 0.1) is 0 Å². The van der Waals surface area contributed by atoms with Gasteiger partial charge in [0.2, 0.25) is 6.71 Å². The Labute approximate surface area is 184 Å². The molecule has 0 radical (unpaired) electrons. The van der Waals surface area contributed by atoms with Crippen molar-refractivity contribution >= 4 is 24.4 Å². The second-order valence-electron chi connectivity index (χ2n) is 11.0. The molecule has 4 atom stereocenters. The molecule has 0 aromatic heterocycles. The summed E-state index contributed by atoms with van der Waals surface area (Å²) in [7, 11) is 0. The molecule has 1 saturated heterocycles. The Kier molecular flexibility index (Phi) is 3.89. The highest BCUT2D eigenvalue weighted by Crippen LogP contribution is 2.92. The Morgan fingerprint density at radius 1 is 0.567 bits per heavy atom. The summed E-state index contributed by atoms with van der Waals surface area (Å²) in [5, 5.41) is 0.326. The zero-order valence-corrected chi connectivity index (χ0v) is 19.9. The standard InChI is InChI=1S/C28H34B2/c1-19-20(2)27(7)28(8)25(5,26(19,6)30(27)24-17-13-10-14-18-24)21(3)22(4)29(28)23-15-11-9-12-16-23/h9-18H,1-8H3/t25-,26+,27+,28-/m1/s1. The minimum Gasteiger partial charge on any atom is -0.0985 e. The van der Waals surface area contributed by atoms with E-state index < -0.39 is 0 Å². The van der Waals surface area contributed by atoms with Crippen molar-refractivity contribution < 1.29 is 0 Å². The van der Waals surface area contributed by atoms with Crippen LogP contribution in [-0.4, -0.2) is 13.4 Å². The topological polar surface area (TPSA) is 0 Å². The maximum absolute atomic E-state index is 2.63. The Hall–Kier alpha value is -1.95. The van der Waals surface area contributed by atoms with Gasteiger partial charge in [-0.3, -0.25) is 0 Å². The Morgan fingerprint density at radius 2 is 1.03 bits per heavy atom. The van der Waals surface area contributed by atoms with Gasteiger partial charge >= 0.3 is 0 Å². The summed E-state index contributed by atoms with van der Waals surface area (Å²) in [6.45, 7) is 21.1. The molecular weight excluding hydrogens is 358 g/mol. The normalized spacial score (nSPS) is 37.5. The van der Waals surface area contributed by atoms with Gasteiger partial charge in [0, 0.05) is 0 Å². The second kappa shape index (κ2) is 5.84. The van der Waals surface area contributed by atoms with Gasteiger partial charge in [0.25, 0.3) is 0 Å². The molecule has 3 aliphatic rings. The van der Waals surface area contributed by atoms with Crippen molar-refractivity contribution in [3.8, 4) is 0 Å². The SMILES string of the molecule is CC1=C(C)[C@@]2(C)[C@@](C)(B1c1ccccc1)[C@@]1(C)B(c3ccccc3)[C@@]2(C)C(C)=C1C. The highest BCUT2D eigenvalue weighted by Gasteiger charge is 2.84. The zero-order valence-electron chi connectivity index (χ0n) is 19.9. The van der Waals surface area contributed by atoms with Crippen molar-refractivity contribution in [1.29, 1.82) is 0 Å². The molecule has 2 bridgehead atoms. The van der Waals surface area contributed by atoms with Crippen LogP contribution in [0.4, 0.5) is 0 Å². The molecule has 2 aromatic carbocycles. The molecule has 0 unspecified atom stereocenters. The van der Waals surface area contributed by atoms with Crippen LogP contribution in [-0.2, 0) is 0 Å². The Morgan fingerprint density at radius 3 is 1.57 bits per heavy atom. The molecule has 152 valence electrons. The van der Waals surface area contributed by atoms with E-state index in [1.807, 2.05) is 0 Å². The average Bonchev–Trinajstić information content (AvgIpc) is 3.08. The number of fused-ring (bicyclic) bond motifs is 5. The van der Waals surface area contributed by atoms with Gasteiger partial charge in [0.15, 0.2) is 6.71 Å². The minimum absolute atomic E-state index is 0.0987. The van der Waals surface area contributed by atoms with E-state index in [9.17, 15) is 0 Å². The molecule has 0 nitrogen and oxygen atoms in total. The van der Waals surface area contributed by atoms with Crippen molar-refractivity contribution in [1.82, 2.24) is 0 Å². The molecule has 2 heteroatoms. The monoisotopic (exact) mass is 392 g/mol. The number of hydrogen-bond acceptors (Lipinski definition) is 0. The van der Waals surface area contributed by atoms with Crippen molar-refractivity contribution in [3.63, 3.8) is 0 Å². The third kappa shape index (κ3) is 1.74. The molecule has 2 aromatic rings. The summed E-state index contributed by atoms with van der Waals surface area (Å²) in [4.78, 5) is 0. The molecule has 5 rings (SSSR count). The lowest BCUT2D eigenvalue weighted by Gasteiger charge is -2.57. The van der Waals surface area contributed by atoms with Crippen LogP contribution in [0.25, 0.3) is 0 Å². The first-order valence-electron chi connectivity index (χ1n) is 11.6. The van der Waals surface area contributed by atoms with Gasteiger partial charge in [0.1, 0.15) is 0 Å². The maximum atomic E-state index is 2.63. The van der Waals surface area contributed by atoms with Gasteiger partial charge < -0.3 is 0 Å². The van der Waals surface area contributed by atoms with Crippen LogP contribution < -0.4 is 10.9 Å². The van der Waals surface area contributed by atoms with Gasteiger partial charge in [-0.15, -0.1) is 0 Å². The van der Waals surface area contributed by atoms with Crippen molar-refractivity contribution in [2.24, 2.45) is 5.41 Å². The molecule has 0 N–H and O–H groups in total. The van der Waals surface area contributed by atoms with Crippen LogP contribution in [0.1, 0.15) is 55.4 Å². The van der Waals surface area contributed by atoms with E-state index in [4.69, 9.17) is 0 Å². The molecule has 1 fully saturated rings. The van der Waals surface area contributed by atoms with E-state index in [1.54, 1.807) is 22.2 Å². The fourth-order valence-electron chi connectivity index (χ4n) is 9.15. The highest BCUT2D eigenvalue weighted by atomic mass is 14.7. The molecule has 30 heavy (non-hydrogen) atoms. The van der Waals surface area contributed by atoms with Crippen molar-refractivity contribution in [3.05, 3.63) is 82.9 Å². The first-order valence-corrected chi connectivity index (χ1v) is 11.6. The molecule has 3 aliphatic heterocycles. The van der Waals surface area contributed by atoms with Crippen LogP contribution in [0, 0.1) is 5.41 Å². The lowest BCUT2D eigenvalue weighted by atomic mass is 9.17. The summed E-state index contributed by atoms with van der Waals surface area (Å²) in [5.74, 6) is 0. The summed E-state index contributed by atoms with van der Waals surface area (Å²) >= 11 is 0. The molecule has 0 aliphatic carbocycles. The van der Waals surface area contributed by atoms with E-state index in [0.717, 1.165) is 0 Å². The summed E-state index contributed by atoms with van der Waals surface area (Å²) in [6.07, 6.45) is 0. The number of allylic oxidation sites excluding steroid dienone is 4. The van der Waals surface area contributed by atoms with Crippen LogP contribution in [0.5, 0.6) is 0 Å². The van der Waals surface area contributed by atoms with Gasteiger partial charge in [-0.2, -0.15) is 0 Å². The molecule has 0 spiro atoms.